The number of aryl methyl sites for hydroxylation is 1. The Morgan fingerprint density at radius 3 is 2.29 bits per heavy atom. The highest BCUT2D eigenvalue weighted by Gasteiger charge is 2.35. The minimum absolute atomic E-state index is 0.0378. The van der Waals surface area contributed by atoms with Crippen LogP contribution in [-0.4, -0.2) is 43.8 Å². The SMILES string of the molecule is CCC(C(=O)NC1CCCC1)N(Cc1ccccc1Cl)C(=O)CN(c1cc(Cl)ccc1C)S(=O)(=O)c1ccccc1. The summed E-state index contributed by atoms with van der Waals surface area (Å²) in [5, 5.41) is 3.90. The molecule has 0 bridgehead atoms. The van der Waals surface area contributed by atoms with Crippen LogP contribution in [0.2, 0.25) is 10.0 Å². The number of benzene rings is 3. The van der Waals surface area contributed by atoms with Gasteiger partial charge in [0.2, 0.25) is 11.8 Å². The second-order valence-electron chi connectivity index (χ2n) is 10.3. The first-order valence-electron chi connectivity index (χ1n) is 13.8. The summed E-state index contributed by atoms with van der Waals surface area (Å²) in [6.07, 6.45) is 4.25. The summed E-state index contributed by atoms with van der Waals surface area (Å²) >= 11 is 12.8. The number of sulfonamides is 1. The molecule has 0 aromatic heterocycles. The molecule has 1 aliphatic rings. The van der Waals surface area contributed by atoms with Crippen molar-refractivity contribution in [3.05, 3.63) is 94.0 Å². The lowest BCUT2D eigenvalue weighted by atomic mass is 10.1. The summed E-state index contributed by atoms with van der Waals surface area (Å²) in [6.45, 7) is 3.11. The highest BCUT2D eigenvalue weighted by Crippen LogP contribution is 2.30. The maximum Gasteiger partial charge on any atom is 0.264 e. The number of hydrogen-bond donors (Lipinski definition) is 1. The highest BCUT2D eigenvalue weighted by molar-refractivity contribution is 7.92. The Kier molecular flexibility index (Phi) is 10.3. The van der Waals surface area contributed by atoms with Gasteiger partial charge in [0.1, 0.15) is 12.6 Å². The van der Waals surface area contributed by atoms with Gasteiger partial charge >= 0.3 is 0 Å². The number of rotatable bonds is 11. The maximum atomic E-state index is 14.2. The van der Waals surface area contributed by atoms with Crippen LogP contribution in [-0.2, 0) is 26.2 Å². The molecule has 10 heteroatoms. The van der Waals surface area contributed by atoms with Crippen molar-refractivity contribution < 1.29 is 18.0 Å². The topological polar surface area (TPSA) is 86.8 Å². The zero-order valence-electron chi connectivity index (χ0n) is 23.2. The van der Waals surface area contributed by atoms with Gasteiger partial charge in [-0.05, 0) is 67.6 Å². The minimum atomic E-state index is -4.17. The van der Waals surface area contributed by atoms with Crippen molar-refractivity contribution in [2.24, 2.45) is 0 Å². The molecule has 1 aliphatic carbocycles. The van der Waals surface area contributed by atoms with Gasteiger partial charge in [0, 0.05) is 22.6 Å². The van der Waals surface area contributed by atoms with Crippen molar-refractivity contribution in [1.82, 2.24) is 10.2 Å². The molecule has 0 spiro atoms. The van der Waals surface area contributed by atoms with Crippen LogP contribution >= 0.6 is 23.2 Å². The van der Waals surface area contributed by atoms with Crippen molar-refractivity contribution in [1.29, 1.82) is 0 Å². The molecule has 1 N–H and O–H groups in total. The number of hydrogen-bond acceptors (Lipinski definition) is 4. The Morgan fingerprint density at radius 1 is 0.976 bits per heavy atom. The summed E-state index contributed by atoms with van der Waals surface area (Å²) in [5.74, 6) is -0.784. The highest BCUT2D eigenvalue weighted by atomic mass is 35.5. The van der Waals surface area contributed by atoms with Crippen molar-refractivity contribution in [2.45, 2.75) is 69.5 Å². The third-order valence-corrected chi connectivity index (χ3v) is 9.81. The minimum Gasteiger partial charge on any atom is -0.352 e. The van der Waals surface area contributed by atoms with Crippen molar-refractivity contribution in [3.8, 4) is 0 Å². The number of anilines is 1. The zero-order chi connectivity index (χ0) is 29.6. The standard InChI is InChI=1S/C31H35Cl2N3O4S/c1-3-28(31(38)34-25-12-8-9-13-25)35(20-23-11-7-10-16-27(23)33)30(37)21-36(29-19-24(32)18-17-22(29)2)41(39,40)26-14-5-4-6-15-26/h4-7,10-11,14-19,25,28H,3,8-9,12-13,20-21H2,1-2H3,(H,34,38). The van der Waals surface area contributed by atoms with Crippen molar-refractivity contribution in [2.75, 3.05) is 10.8 Å². The molecule has 0 radical (unpaired) electrons. The largest absolute Gasteiger partial charge is 0.352 e. The van der Waals surface area contributed by atoms with Gasteiger partial charge in [-0.2, -0.15) is 0 Å². The van der Waals surface area contributed by atoms with E-state index in [9.17, 15) is 18.0 Å². The van der Waals surface area contributed by atoms with Gasteiger partial charge in [0.05, 0.1) is 10.6 Å². The average Bonchev–Trinajstić information content (AvgIpc) is 3.47. The molecule has 0 aliphatic heterocycles. The van der Waals surface area contributed by atoms with Crippen LogP contribution in [0.25, 0.3) is 0 Å². The fourth-order valence-corrected chi connectivity index (χ4v) is 7.03. The molecule has 1 atom stereocenters. The Bertz CT molecular complexity index is 1480. The monoisotopic (exact) mass is 615 g/mol. The third-order valence-electron chi connectivity index (χ3n) is 7.44. The smallest absolute Gasteiger partial charge is 0.264 e. The Labute approximate surface area is 252 Å². The Balaban J connectivity index is 1.75. The molecule has 1 saturated carbocycles. The number of nitrogens with zero attached hydrogens (tertiary/aromatic N) is 2. The lowest BCUT2D eigenvalue weighted by Gasteiger charge is -2.34. The number of halogens is 2. The molecule has 3 aromatic carbocycles. The van der Waals surface area contributed by atoms with Gasteiger partial charge in [-0.3, -0.25) is 13.9 Å². The van der Waals surface area contributed by atoms with E-state index in [0.29, 0.717) is 27.6 Å². The van der Waals surface area contributed by atoms with Crippen LogP contribution in [0.1, 0.15) is 50.2 Å². The molecule has 1 fully saturated rings. The summed E-state index contributed by atoms with van der Waals surface area (Å²) in [5.41, 5.74) is 1.58. The second-order valence-corrected chi connectivity index (χ2v) is 13.0. The fraction of sp³-hybridized carbons (Fsp3) is 0.355. The predicted octanol–water partition coefficient (Wildman–Crippen LogP) is 6.36. The summed E-state index contributed by atoms with van der Waals surface area (Å²) in [4.78, 5) is 29.2. The van der Waals surface area contributed by atoms with Crippen LogP contribution in [0.3, 0.4) is 0 Å². The normalized spacial score (nSPS) is 14.4. The first-order valence-corrected chi connectivity index (χ1v) is 16.0. The van der Waals surface area contributed by atoms with Gasteiger partial charge in [-0.25, -0.2) is 8.42 Å². The fourth-order valence-electron chi connectivity index (χ4n) is 5.18. The van der Waals surface area contributed by atoms with Crippen molar-refractivity contribution in [3.63, 3.8) is 0 Å². The lowest BCUT2D eigenvalue weighted by molar-refractivity contribution is -0.140. The van der Waals surface area contributed by atoms with E-state index >= 15 is 0 Å². The van der Waals surface area contributed by atoms with E-state index in [0.717, 1.165) is 30.0 Å². The van der Waals surface area contributed by atoms with Crippen LogP contribution in [0.15, 0.2) is 77.7 Å². The second kappa shape index (κ2) is 13.7. The first-order chi connectivity index (χ1) is 19.6. The molecule has 218 valence electrons. The molecule has 7 nitrogen and oxygen atoms in total. The lowest BCUT2D eigenvalue weighted by Crippen LogP contribution is -2.53. The predicted molar refractivity (Wildman–Crippen MR) is 164 cm³/mol. The van der Waals surface area contributed by atoms with E-state index in [-0.39, 0.29) is 29.1 Å². The Hall–Kier alpha value is -3.07. The average molecular weight is 617 g/mol. The summed E-state index contributed by atoms with van der Waals surface area (Å²) < 4.78 is 29.0. The van der Waals surface area contributed by atoms with E-state index in [2.05, 4.69) is 5.32 Å². The quantitative estimate of drug-likeness (QED) is 0.272. The van der Waals surface area contributed by atoms with Gasteiger partial charge in [0.25, 0.3) is 10.0 Å². The number of nitrogens with one attached hydrogen (secondary N) is 1. The van der Waals surface area contributed by atoms with Crippen LogP contribution in [0.5, 0.6) is 0 Å². The zero-order valence-corrected chi connectivity index (χ0v) is 25.6. The third kappa shape index (κ3) is 7.42. The van der Waals surface area contributed by atoms with Crippen molar-refractivity contribution >= 4 is 50.7 Å². The molecular formula is C31H35Cl2N3O4S. The van der Waals surface area contributed by atoms with Gasteiger partial charge in [0.15, 0.2) is 0 Å². The first kappa shape index (κ1) is 30.9. The number of amides is 2. The van der Waals surface area contributed by atoms with E-state index in [4.69, 9.17) is 23.2 Å². The maximum absolute atomic E-state index is 14.2. The number of carbonyl (C=O) groups is 2. The van der Waals surface area contributed by atoms with Gasteiger partial charge < -0.3 is 10.2 Å². The molecule has 4 rings (SSSR count). The molecule has 3 aromatic rings. The Morgan fingerprint density at radius 2 is 1.63 bits per heavy atom. The molecular weight excluding hydrogens is 581 g/mol. The van der Waals surface area contributed by atoms with Gasteiger partial charge in [-0.1, -0.05) is 85.4 Å². The van der Waals surface area contributed by atoms with E-state index in [1.165, 1.54) is 23.1 Å². The molecule has 1 unspecified atom stereocenters. The number of carbonyl (C=O) groups excluding carboxylic acids is 2. The molecule has 2 amide bonds. The molecule has 0 heterocycles. The summed E-state index contributed by atoms with van der Waals surface area (Å²) in [6, 6.07) is 19.2. The van der Waals surface area contributed by atoms with Crippen LogP contribution < -0.4 is 9.62 Å². The van der Waals surface area contributed by atoms with E-state index < -0.39 is 28.5 Å². The summed E-state index contributed by atoms with van der Waals surface area (Å²) in [7, 11) is -4.17. The van der Waals surface area contributed by atoms with Gasteiger partial charge in [-0.15, -0.1) is 0 Å². The van der Waals surface area contributed by atoms with E-state index in [1.807, 2.05) is 13.0 Å². The van der Waals surface area contributed by atoms with Crippen LogP contribution in [0.4, 0.5) is 5.69 Å². The molecule has 41 heavy (non-hydrogen) atoms. The van der Waals surface area contributed by atoms with Crippen LogP contribution in [0, 0.1) is 6.92 Å². The van der Waals surface area contributed by atoms with E-state index in [1.54, 1.807) is 55.5 Å². The molecule has 0 saturated heterocycles.